The molecule has 0 bridgehead atoms. The van der Waals surface area contributed by atoms with Gasteiger partial charge in [0, 0.05) is 38.3 Å². The molecule has 0 spiro atoms. The summed E-state index contributed by atoms with van der Waals surface area (Å²) in [5.74, 6) is 0.288. The van der Waals surface area contributed by atoms with Crippen LogP contribution in [-0.4, -0.2) is 70.2 Å². The first-order valence-electron chi connectivity index (χ1n) is 9.63. The van der Waals surface area contributed by atoms with Gasteiger partial charge in [0.25, 0.3) is 0 Å². The number of carbonyl (C=O) groups excluding carboxylic acids is 1. The summed E-state index contributed by atoms with van der Waals surface area (Å²) in [6, 6.07) is 6.21. The van der Waals surface area contributed by atoms with Crippen LogP contribution >= 0.6 is 11.8 Å². The molecule has 2 heterocycles. The van der Waals surface area contributed by atoms with Gasteiger partial charge < -0.3 is 14.6 Å². The van der Waals surface area contributed by atoms with Gasteiger partial charge in [-0.25, -0.2) is 4.39 Å². The highest BCUT2D eigenvalue weighted by Gasteiger charge is 2.21. The van der Waals surface area contributed by atoms with Crippen molar-refractivity contribution < 1.29 is 13.9 Å². The van der Waals surface area contributed by atoms with Gasteiger partial charge in [0.05, 0.1) is 18.5 Å². The van der Waals surface area contributed by atoms with Crippen LogP contribution in [0, 0.1) is 5.82 Å². The van der Waals surface area contributed by atoms with E-state index in [1.54, 1.807) is 18.2 Å². The average molecular weight is 420 g/mol. The molecule has 29 heavy (non-hydrogen) atoms. The van der Waals surface area contributed by atoms with Crippen LogP contribution in [-0.2, 0) is 16.1 Å². The Morgan fingerprint density at radius 2 is 2.03 bits per heavy atom. The number of benzene rings is 1. The summed E-state index contributed by atoms with van der Waals surface area (Å²) >= 11 is 1.36. The fourth-order valence-electron chi connectivity index (χ4n) is 2.98. The van der Waals surface area contributed by atoms with Gasteiger partial charge in [0.2, 0.25) is 5.91 Å². The van der Waals surface area contributed by atoms with Crippen molar-refractivity contribution in [3.05, 3.63) is 42.7 Å². The molecule has 0 saturated carbocycles. The molecule has 0 radical (unpaired) electrons. The molecule has 1 aromatic carbocycles. The first-order chi connectivity index (χ1) is 14.1. The second-order valence-corrected chi connectivity index (χ2v) is 8.02. The standard InChI is InChI=1S/C20H26FN5O2S/c1-3-8-22-19(27)15(2)29-20-24-23-18(16-4-6-17(21)7-5-16)26(20)10-9-25-11-13-28-14-12-25/h3-7,15H,1,8-14H2,2H3,(H,22,27). The number of amides is 1. The second-order valence-electron chi connectivity index (χ2n) is 6.71. The maximum Gasteiger partial charge on any atom is 0.233 e. The average Bonchev–Trinajstić information content (AvgIpc) is 3.14. The minimum absolute atomic E-state index is 0.0824. The molecular formula is C20H26FN5O2S. The van der Waals surface area contributed by atoms with Crippen LogP contribution < -0.4 is 5.32 Å². The third kappa shape index (κ3) is 5.88. The van der Waals surface area contributed by atoms with Gasteiger partial charge in [-0.3, -0.25) is 9.69 Å². The number of morpholine rings is 1. The van der Waals surface area contributed by atoms with Crippen molar-refractivity contribution in [2.45, 2.75) is 23.9 Å². The third-order valence-electron chi connectivity index (χ3n) is 4.63. The second kappa shape index (κ2) is 10.5. The molecule has 1 N–H and O–H groups in total. The molecule has 1 saturated heterocycles. The number of hydrogen-bond acceptors (Lipinski definition) is 6. The van der Waals surface area contributed by atoms with Crippen molar-refractivity contribution in [1.82, 2.24) is 25.0 Å². The molecule has 1 amide bonds. The first-order valence-corrected chi connectivity index (χ1v) is 10.5. The van der Waals surface area contributed by atoms with Crippen LogP contribution in [0.25, 0.3) is 11.4 Å². The molecule has 1 fully saturated rings. The molecule has 1 aliphatic heterocycles. The summed E-state index contributed by atoms with van der Waals surface area (Å²) in [6.45, 7) is 10.6. The van der Waals surface area contributed by atoms with Crippen molar-refractivity contribution in [3.63, 3.8) is 0 Å². The zero-order valence-electron chi connectivity index (χ0n) is 16.5. The minimum atomic E-state index is -0.331. The van der Waals surface area contributed by atoms with Crippen LogP contribution in [0.4, 0.5) is 4.39 Å². The number of thioether (sulfide) groups is 1. The predicted molar refractivity (Wildman–Crippen MR) is 111 cm³/mol. The van der Waals surface area contributed by atoms with Crippen molar-refractivity contribution >= 4 is 17.7 Å². The zero-order valence-corrected chi connectivity index (χ0v) is 17.3. The number of ether oxygens (including phenoxy) is 1. The van der Waals surface area contributed by atoms with E-state index in [9.17, 15) is 9.18 Å². The Bertz CT molecular complexity index is 821. The molecule has 3 rings (SSSR count). The lowest BCUT2D eigenvalue weighted by molar-refractivity contribution is -0.120. The summed E-state index contributed by atoms with van der Waals surface area (Å²) in [5.41, 5.74) is 0.788. The minimum Gasteiger partial charge on any atom is -0.379 e. The fourth-order valence-corrected chi connectivity index (χ4v) is 3.88. The van der Waals surface area contributed by atoms with E-state index in [4.69, 9.17) is 4.74 Å². The summed E-state index contributed by atoms with van der Waals surface area (Å²) in [7, 11) is 0. The van der Waals surface area contributed by atoms with Crippen LogP contribution in [0.1, 0.15) is 6.92 Å². The van der Waals surface area contributed by atoms with E-state index in [-0.39, 0.29) is 17.0 Å². The van der Waals surface area contributed by atoms with E-state index in [1.165, 1.54) is 23.9 Å². The lowest BCUT2D eigenvalue weighted by Gasteiger charge is -2.27. The number of nitrogens with one attached hydrogen (secondary N) is 1. The molecular weight excluding hydrogens is 393 g/mol. The van der Waals surface area contributed by atoms with Gasteiger partial charge >= 0.3 is 0 Å². The van der Waals surface area contributed by atoms with E-state index >= 15 is 0 Å². The van der Waals surface area contributed by atoms with Crippen LogP contribution in [0.5, 0.6) is 0 Å². The van der Waals surface area contributed by atoms with Crippen LogP contribution in [0.15, 0.2) is 42.1 Å². The van der Waals surface area contributed by atoms with Crippen molar-refractivity contribution in [3.8, 4) is 11.4 Å². The molecule has 7 nitrogen and oxygen atoms in total. The Morgan fingerprint density at radius 3 is 2.72 bits per heavy atom. The van der Waals surface area contributed by atoms with Gasteiger partial charge in [-0.05, 0) is 31.2 Å². The number of halogens is 1. The molecule has 1 aromatic heterocycles. The highest BCUT2D eigenvalue weighted by Crippen LogP contribution is 2.27. The Hall–Kier alpha value is -2.23. The zero-order chi connectivity index (χ0) is 20.6. The molecule has 9 heteroatoms. The quantitative estimate of drug-likeness (QED) is 0.496. The van der Waals surface area contributed by atoms with Crippen molar-refractivity contribution in [2.75, 3.05) is 39.4 Å². The molecule has 1 aliphatic rings. The Kier molecular flexibility index (Phi) is 7.79. The summed E-state index contributed by atoms with van der Waals surface area (Å²) in [5, 5.41) is 11.8. The van der Waals surface area contributed by atoms with Gasteiger partial charge in [-0.15, -0.1) is 16.8 Å². The highest BCUT2D eigenvalue weighted by atomic mass is 32.2. The monoisotopic (exact) mass is 419 g/mol. The highest BCUT2D eigenvalue weighted by molar-refractivity contribution is 8.00. The molecule has 2 aromatic rings. The van der Waals surface area contributed by atoms with Gasteiger partial charge in [-0.2, -0.15) is 0 Å². The molecule has 1 atom stereocenters. The lowest BCUT2D eigenvalue weighted by Crippen LogP contribution is -2.38. The van der Waals surface area contributed by atoms with Crippen molar-refractivity contribution in [1.29, 1.82) is 0 Å². The van der Waals surface area contributed by atoms with Gasteiger partial charge in [0.15, 0.2) is 11.0 Å². The topological polar surface area (TPSA) is 72.3 Å². The predicted octanol–water partition coefficient (Wildman–Crippen LogP) is 2.20. The Balaban J connectivity index is 1.79. The number of hydrogen-bond donors (Lipinski definition) is 1. The van der Waals surface area contributed by atoms with Gasteiger partial charge in [0.1, 0.15) is 5.82 Å². The van der Waals surface area contributed by atoms with Gasteiger partial charge in [-0.1, -0.05) is 17.8 Å². The molecule has 1 unspecified atom stereocenters. The number of carbonyl (C=O) groups is 1. The normalized spacial score (nSPS) is 15.8. The number of nitrogens with zero attached hydrogens (tertiary/aromatic N) is 4. The molecule has 0 aliphatic carbocycles. The van der Waals surface area contributed by atoms with Crippen LogP contribution in [0.2, 0.25) is 0 Å². The number of aromatic nitrogens is 3. The Morgan fingerprint density at radius 1 is 1.31 bits per heavy atom. The smallest absolute Gasteiger partial charge is 0.233 e. The largest absolute Gasteiger partial charge is 0.379 e. The fraction of sp³-hybridized carbons (Fsp3) is 0.450. The van der Waals surface area contributed by atoms with E-state index < -0.39 is 0 Å². The summed E-state index contributed by atoms with van der Waals surface area (Å²) in [6.07, 6.45) is 1.65. The SMILES string of the molecule is C=CCNC(=O)C(C)Sc1nnc(-c2ccc(F)cc2)n1CCN1CCOCC1. The van der Waals surface area contributed by atoms with Crippen molar-refractivity contribution in [2.24, 2.45) is 0 Å². The Labute approximate surface area is 174 Å². The van der Waals surface area contributed by atoms with E-state index in [0.29, 0.717) is 24.1 Å². The third-order valence-corrected chi connectivity index (χ3v) is 5.72. The summed E-state index contributed by atoms with van der Waals surface area (Å²) < 4.78 is 20.8. The van der Waals surface area contributed by atoms with E-state index in [1.807, 2.05) is 11.5 Å². The lowest BCUT2D eigenvalue weighted by atomic mass is 10.2. The van der Waals surface area contributed by atoms with E-state index in [0.717, 1.165) is 38.4 Å². The summed E-state index contributed by atoms with van der Waals surface area (Å²) in [4.78, 5) is 14.6. The number of rotatable bonds is 9. The first kappa shape index (κ1) is 21.5. The maximum atomic E-state index is 13.3. The van der Waals surface area contributed by atoms with Crippen LogP contribution in [0.3, 0.4) is 0 Å². The molecule has 156 valence electrons. The maximum absolute atomic E-state index is 13.3. The van der Waals surface area contributed by atoms with E-state index in [2.05, 4.69) is 27.0 Å².